The van der Waals surface area contributed by atoms with Gasteiger partial charge in [-0.25, -0.2) is 0 Å². The van der Waals surface area contributed by atoms with E-state index in [0.29, 0.717) is 5.02 Å². The number of nitrogens with zero attached hydrogens (tertiary/aromatic N) is 1. The third-order valence-electron chi connectivity index (χ3n) is 3.64. The smallest absolute Gasteiger partial charge is 0.164 e. The van der Waals surface area contributed by atoms with Crippen molar-refractivity contribution in [1.29, 1.82) is 0 Å². The van der Waals surface area contributed by atoms with Gasteiger partial charge in [0.05, 0.1) is 33.6 Å². The maximum Gasteiger partial charge on any atom is 0.164 e. The fourth-order valence-corrected chi connectivity index (χ4v) is 2.64. The summed E-state index contributed by atoms with van der Waals surface area (Å²) in [5.41, 5.74) is 1.01. The summed E-state index contributed by atoms with van der Waals surface area (Å²) < 4.78 is 0.817. The van der Waals surface area contributed by atoms with Gasteiger partial charge in [0, 0.05) is 5.02 Å². The molecule has 0 bridgehead atoms. The molecule has 22 heavy (non-hydrogen) atoms. The number of halogens is 1. The molecule has 1 aromatic carbocycles. The van der Waals surface area contributed by atoms with E-state index in [0.717, 1.165) is 29.4 Å². The standard InChI is InChI=1S/C19H29ClNO/c1-5-6-7-8-17(15-21(2,3)4)19(22)14-11-16-9-12-18(20)13-10-16/h9-14,17H,5-8,15H2,1-4H3/q+1/b14-11+/t17-/m0/s1. The minimum Gasteiger partial charge on any atom is -0.330 e. The molecule has 0 heterocycles. The number of unbranched alkanes of at least 4 members (excludes halogenated alkanes) is 2. The normalized spacial score (nSPS) is 13.5. The summed E-state index contributed by atoms with van der Waals surface area (Å²) in [4.78, 5) is 12.5. The number of benzene rings is 1. The molecule has 0 spiro atoms. The first-order chi connectivity index (χ1) is 10.3. The molecule has 0 aliphatic rings. The minimum absolute atomic E-state index is 0.107. The molecule has 1 atom stereocenters. The van der Waals surface area contributed by atoms with Crippen LogP contribution >= 0.6 is 11.6 Å². The van der Waals surface area contributed by atoms with E-state index < -0.39 is 0 Å². The van der Waals surface area contributed by atoms with Crippen molar-refractivity contribution in [3.8, 4) is 0 Å². The molecule has 2 nitrogen and oxygen atoms in total. The highest BCUT2D eigenvalue weighted by Gasteiger charge is 2.23. The summed E-state index contributed by atoms with van der Waals surface area (Å²) in [6, 6.07) is 7.54. The molecule has 122 valence electrons. The third-order valence-corrected chi connectivity index (χ3v) is 3.89. The van der Waals surface area contributed by atoms with Crippen LogP contribution in [0.15, 0.2) is 30.3 Å². The second kappa shape index (κ2) is 9.12. The van der Waals surface area contributed by atoms with Crippen molar-refractivity contribution < 1.29 is 9.28 Å². The molecule has 0 unspecified atom stereocenters. The second-order valence-corrected chi connectivity index (χ2v) is 7.39. The van der Waals surface area contributed by atoms with E-state index in [4.69, 9.17) is 11.6 Å². The molecule has 0 aromatic heterocycles. The fraction of sp³-hybridized carbons (Fsp3) is 0.526. The molecule has 0 saturated carbocycles. The summed E-state index contributed by atoms with van der Waals surface area (Å²) >= 11 is 5.88. The average molecular weight is 323 g/mol. The van der Waals surface area contributed by atoms with Crippen LogP contribution in [0.5, 0.6) is 0 Å². The van der Waals surface area contributed by atoms with Crippen molar-refractivity contribution in [3.05, 3.63) is 40.9 Å². The van der Waals surface area contributed by atoms with Crippen molar-refractivity contribution in [1.82, 2.24) is 0 Å². The van der Waals surface area contributed by atoms with Crippen LogP contribution in [0.25, 0.3) is 6.08 Å². The topological polar surface area (TPSA) is 17.1 Å². The van der Waals surface area contributed by atoms with Gasteiger partial charge in [-0.05, 0) is 30.2 Å². The molecule has 3 heteroatoms. The number of carbonyl (C=O) groups is 1. The van der Waals surface area contributed by atoms with Gasteiger partial charge in [0.2, 0.25) is 0 Å². The summed E-state index contributed by atoms with van der Waals surface area (Å²) in [7, 11) is 6.43. The van der Waals surface area contributed by atoms with Gasteiger partial charge >= 0.3 is 0 Å². The molecule has 1 rings (SSSR count). The number of quaternary nitrogens is 1. The summed E-state index contributed by atoms with van der Waals surface area (Å²) in [6.07, 6.45) is 8.11. The molecule has 0 amide bonds. The van der Waals surface area contributed by atoms with Gasteiger partial charge < -0.3 is 4.48 Å². The SMILES string of the molecule is CCCCC[C@@H](C[N+](C)(C)C)C(=O)/C=C/c1ccc(Cl)cc1. The van der Waals surface area contributed by atoms with Crippen molar-refractivity contribution in [3.63, 3.8) is 0 Å². The van der Waals surface area contributed by atoms with Crippen LogP contribution in [0.1, 0.15) is 38.2 Å². The van der Waals surface area contributed by atoms with E-state index >= 15 is 0 Å². The lowest BCUT2D eigenvalue weighted by Crippen LogP contribution is -2.41. The zero-order valence-corrected chi connectivity index (χ0v) is 15.1. The lowest BCUT2D eigenvalue weighted by atomic mass is 9.95. The fourth-order valence-electron chi connectivity index (χ4n) is 2.51. The minimum atomic E-state index is 0.107. The zero-order valence-electron chi connectivity index (χ0n) is 14.3. The Morgan fingerprint density at radius 2 is 1.82 bits per heavy atom. The van der Waals surface area contributed by atoms with Crippen LogP contribution in [0.4, 0.5) is 0 Å². The molecule has 1 aromatic rings. The third kappa shape index (κ3) is 7.77. The van der Waals surface area contributed by atoms with Gasteiger partial charge in [-0.3, -0.25) is 4.79 Å². The van der Waals surface area contributed by atoms with Gasteiger partial charge in [-0.15, -0.1) is 0 Å². The second-order valence-electron chi connectivity index (χ2n) is 6.95. The first kappa shape index (κ1) is 18.9. The van der Waals surface area contributed by atoms with Crippen LogP contribution in [0, 0.1) is 5.92 Å². The molecule has 0 fully saturated rings. The highest BCUT2D eigenvalue weighted by molar-refractivity contribution is 6.30. The predicted molar refractivity (Wildman–Crippen MR) is 96.0 cm³/mol. The number of carbonyl (C=O) groups excluding carboxylic acids is 1. The number of ketones is 1. The Morgan fingerprint density at radius 1 is 1.18 bits per heavy atom. The Labute approximate surface area is 140 Å². The van der Waals surface area contributed by atoms with Crippen LogP contribution < -0.4 is 0 Å². The van der Waals surface area contributed by atoms with Gasteiger partial charge in [0.15, 0.2) is 5.78 Å². The molecule has 0 aliphatic heterocycles. The Kier molecular flexibility index (Phi) is 7.84. The molecule has 0 N–H and O–H groups in total. The van der Waals surface area contributed by atoms with Gasteiger partial charge in [0.25, 0.3) is 0 Å². The van der Waals surface area contributed by atoms with E-state index in [-0.39, 0.29) is 11.7 Å². The molecular formula is C19H29ClNO+. The van der Waals surface area contributed by atoms with Gasteiger partial charge in [0.1, 0.15) is 0 Å². The van der Waals surface area contributed by atoms with Crippen molar-refractivity contribution in [2.45, 2.75) is 32.6 Å². The zero-order chi connectivity index (χ0) is 16.6. The van der Waals surface area contributed by atoms with Crippen molar-refractivity contribution in [2.75, 3.05) is 27.7 Å². The molecular weight excluding hydrogens is 294 g/mol. The van der Waals surface area contributed by atoms with Crippen molar-refractivity contribution in [2.24, 2.45) is 5.92 Å². The number of hydrogen-bond acceptors (Lipinski definition) is 1. The highest BCUT2D eigenvalue weighted by atomic mass is 35.5. The summed E-state index contributed by atoms with van der Waals surface area (Å²) in [5.74, 6) is 0.342. The number of hydrogen-bond donors (Lipinski definition) is 0. The monoisotopic (exact) mass is 322 g/mol. The Morgan fingerprint density at radius 3 is 2.36 bits per heavy atom. The first-order valence-corrected chi connectivity index (χ1v) is 8.47. The van der Waals surface area contributed by atoms with Gasteiger partial charge in [-0.2, -0.15) is 0 Å². The maximum absolute atomic E-state index is 12.5. The summed E-state index contributed by atoms with van der Waals surface area (Å²) in [5, 5.41) is 0.714. The Bertz CT molecular complexity index is 485. The lowest BCUT2D eigenvalue weighted by Gasteiger charge is -2.28. The predicted octanol–water partition coefficient (Wildman–Crippen LogP) is 4.83. The largest absolute Gasteiger partial charge is 0.330 e. The molecule has 0 saturated heterocycles. The van der Waals surface area contributed by atoms with E-state index in [9.17, 15) is 4.79 Å². The number of allylic oxidation sites excluding steroid dienone is 1. The van der Waals surface area contributed by atoms with E-state index in [1.165, 1.54) is 12.8 Å². The lowest BCUT2D eigenvalue weighted by molar-refractivity contribution is -0.872. The average Bonchev–Trinajstić information content (AvgIpc) is 2.44. The van der Waals surface area contributed by atoms with Crippen LogP contribution in [-0.4, -0.2) is 38.0 Å². The van der Waals surface area contributed by atoms with Crippen LogP contribution in [-0.2, 0) is 4.79 Å². The van der Waals surface area contributed by atoms with E-state index in [1.54, 1.807) is 6.08 Å². The highest BCUT2D eigenvalue weighted by Crippen LogP contribution is 2.16. The first-order valence-electron chi connectivity index (χ1n) is 8.10. The van der Waals surface area contributed by atoms with Crippen molar-refractivity contribution >= 4 is 23.5 Å². The van der Waals surface area contributed by atoms with Gasteiger partial charge in [-0.1, -0.05) is 56.0 Å². The summed E-state index contributed by atoms with van der Waals surface area (Å²) in [6.45, 7) is 3.07. The van der Waals surface area contributed by atoms with Crippen LogP contribution in [0.2, 0.25) is 5.02 Å². The Hall–Kier alpha value is -1.12. The van der Waals surface area contributed by atoms with E-state index in [2.05, 4.69) is 28.1 Å². The molecule has 0 aliphatic carbocycles. The van der Waals surface area contributed by atoms with Crippen LogP contribution in [0.3, 0.4) is 0 Å². The maximum atomic E-state index is 12.5. The Balaban J connectivity index is 2.70. The number of rotatable bonds is 9. The quantitative estimate of drug-likeness (QED) is 0.362. The van der Waals surface area contributed by atoms with E-state index in [1.807, 2.05) is 30.3 Å². The molecule has 0 radical (unpaired) electrons.